The Labute approximate surface area is 97.4 Å². The highest BCUT2D eigenvalue weighted by Gasteiger charge is 2.23. The molecule has 0 radical (unpaired) electrons. The van der Waals surface area contributed by atoms with Crippen LogP contribution < -0.4 is 10.1 Å². The van der Waals surface area contributed by atoms with Gasteiger partial charge in [-0.25, -0.2) is 0 Å². The van der Waals surface area contributed by atoms with Crippen molar-refractivity contribution in [1.29, 1.82) is 0 Å². The quantitative estimate of drug-likeness (QED) is 0.801. The Bertz CT molecular complexity index is 334. The number of hydrogen-bond donors (Lipinski definition) is 2. The lowest BCUT2D eigenvalue weighted by Gasteiger charge is -2.29. The van der Waals surface area contributed by atoms with Gasteiger partial charge >= 0.3 is 0 Å². The number of aliphatic hydroxyl groups excluding tert-OH is 1. The van der Waals surface area contributed by atoms with E-state index < -0.39 is 6.10 Å². The van der Waals surface area contributed by atoms with E-state index in [0.29, 0.717) is 6.54 Å². The van der Waals surface area contributed by atoms with Gasteiger partial charge in [0.25, 0.3) is 0 Å². The second-order valence-electron chi connectivity index (χ2n) is 4.56. The lowest BCUT2D eigenvalue weighted by Crippen LogP contribution is -2.47. The first-order chi connectivity index (χ1) is 7.47. The van der Waals surface area contributed by atoms with E-state index in [9.17, 15) is 5.11 Å². The van der Waals surface area contributed by atoms with Crippen LogP contribution in [0.5, 0.6) is 5.75 Å². The molecule has 90 valence electrons. The van der Waals surface area contributed by atoms with Crippen LogP contribution in [0.15, 0.2) is 24.3 Å². The molecule has 16 heavy (non-hydrogen) atoms. The minimum atomic E-state index is -0.401. The van der Waals surface area contributed by atoms with Crippen LogP contribution in [0.1, 0.15) is 26.3 Å². The molecule has 0 aromatic heterocycles. The summed E-state index contributed by atoms with van der Waals surface area (Å²) in [5.41, 5.74) is 0.791. The third kappa shape index (κ3) is 3.22. The molecule has 0 saturated carbocycles. The van der Waals surface area contributed by atoms with Gasteiger partial charge in [0.2, 0.25) is 0 Å². The summed E-state index contributed by atoms with van der Waals surface area (Å²) in [5.74, 6) is 0.872. The number of aliphatic hydroxyl groups is 1. The van der Waals surface area contributed by atoms with Gasteiger partial charge in [-0.15, -0.1) is 0 Å². The van der Waals surface area contributed by atoms with Crippen molar-refractivity contribution < 1.29 is 9.84 Å². The third-order valence-corrected chi connectivity index (χ3v) is 2.97. The second kappa shape index (κ2) is 5.32. The number of rotatable bonds is 5. The minimum Gasteiger partial charge on any atom is -0.496 e. The molecule has 2 N–H and O–H groups in total. The molecular formula is C13H21NO2. The molecule has 0 bridgehead atoms. The van der Waals surface area contributed by atoms with Gasteiger partial charge in [0.1, 0.15) is 5.75 Å². The molecule has 0 saturated heterocycles. The lowest BCUT2D eigenvalue weighted by molar-refractivity contribution is 0.0955. The van der Waals surface area contributed by atoms with Gasteiger partial charge in [0.15, 0.2) is 0 Å². The zero-order valence-electron chi connectivity index (χ0n) is 10.4. The fourth-order valence-electron chi connectivity index (χ4n) is 1.32. The van der Waals surface area contributed by atoms with E-state index >= 15 is 0 Å². The van der Waals surface area contributed by atoms with Crippen LogP contribution in [0.2, 0.25) is 0 Å². The molecule has 0 spiro atoms. The predicted octanol–water partition coefficient (Wildman–Crippen LogP) is 1.94. The number of benzene rings is 1. The Morgan fingerprint density at radius 1 is 1.38 bits per heavy atom. The van der Waals surface area contributed by atoms with Gasteiger partial charge in [0.05, 0.1) is 13.2 Å². The van der Waals surface area contributed by atoms with Gasteiger partial charge in [-0.05, 0) is 26.8 Å². The summed E-state index contributed by atoms with van der Waals surface area (Å²) in [6.45, 7) is 6.43. The topological polar surface area (TPSA) is 41.5 Å². The van der Waals surface area contributed by atoms with Crippen molar-refractivity contribution in [3.63, 3.8) is 0 Å². The monoisotopic (exact) mass is 223 g/mol. The first kappa shape index (κ1) is 13.0. The van der Waals surface area contributed by atoms with Crippen molar-refractivity contribution in [1.82, 2.24) is 5.32 Å². The number of para-hydroxylation sites is 1. The van der Waals surface area contributed by atoms with Gasteiger partial charge < -0.3 is 15.2 Å². The number of nitrogens with one attached hydrogen (secondary N) is 1. The first-order valence-corrected chi connectivity index (χ1v) is 5.52. The Morgan fingerprint density at radius 3 is 2.56 bits per heavy atom. The van der Waals surface area contributed by atoms with Crippen LogP contribution in [0, 0.1) is 0 Å². The first-order valence-electron chi connectivity index (χ1n) is 5.52. The Kier molecular flexibility index (Phi) is 4.33. The molecule has 1 unspecified atom stereocenters. The van der Waals surface area contributed by atoms with Crippen LogP contribution in [-0.2, 0) is 6.54 Å². The average Bonchev–Trinajstić information content (AvgIpc) is 2.26. The Hall–Kier alpha value is -1.06. The summed E-state index contributed by atoms with van der Waals surface area (Å²) in [5, 5.41) is 12.9. The predicted molar refractivity (Wildman–Crippen MR) is 65.6 cm³/mol. The molecule has 1 atom stereocenters. The highest BCUT2D eigenvalue weighted by atomic mass is 16.5. The number of hydrogen-bond acceptors (Lipinski definition) is 3. The van der Waals surface area contributed by atoms with E-state index in [1.807, 2.05) is 38.1 Å². The van der Waals surface area contributed by atoms with Crippen molar-refractivity contribution in [2.45, 2.75) is 39.0 Å². The molecule has 1 aromatic carbocycles. The summed E-state index contributed by atoms with van der Waals surface area (Å²) >= 11 is 0. The van der Waals surface area contributed by atoms with Gasteiger partial charge in [-0.1, -0.05) is 18.2 Å². The van der Waals surface area contributed by atoms with E-state index in [-0.39, 0.29) is 5.54 Å². The van der Waals surface area contributed by atoms with E-state index in [4.69, 9.17) is 4.74 Å². The summed E-state index contributed by atoms with van der Waals surface area (Å²) in [6, 6.07) is 7.88. The fraction of sp³-hybridized carbons (Fsp3) is 0.538. The van der Waals surface area contributed by atoms with Crippen molar-refractivity contribution in [2.24, 2.45) is 0 Å². The zero-order valence-corrected chi connectivity index (χ0v) is 10.4. The molecule has 0 aliphatic rings. The summed E-state index contributed by atoms with van der Waals surface area (Å²) in [6.07, 6.45) is -0.401. The van der Waals surface area contributed by atoms with Gasteiger partial charge in [0, 0.05) is 17.6 Å². The number of methoxy groups -OCH3 is 1. The molecular weight excluding hydrogens is 202 g/mol. The van der Waals surface area contributed by atoms with E-state index in [1.54, 1.807) is 14.0 Å². The maximum absolute atomic E-state index is 9.59. The third-order valence-electron chi connectivity index (χ3n) is 2.97. The molecule has 1 rings (SSSR count). The molecule has 3 heteroatoms. The smallest absolute Gasteiger partial charge is 0.123 e. The Balaban J connectivity index is 2.67. The molecule has 0 fully saturated rings. The van der Waals surface area contributed by atoms with Gasteiger partial charge in [-0.3, -0.25) is 0 Å². The standard InChI is InChI=1S/C13H21NO2/c1-10(15)13(2,3)14-9-11-7-5-6-8-12(11)16-4/h5-8,10,14-15H,9H2,1-4H3. The maximum atomic E-state index is 9.59. The largest absolute Gasteiger partial charge is 0.496 e. The van der Waals surface area contributed by atoms with Gasteiger partial charge in [-0.2, -0.15) is 0 Å². The van der Waals surface area contributed by atoms with Crippen molar-refractivity contribution in [3.8, 4) is 5.75 Å². The summed E-state index contributed by atoms with van der Waals surface area (Å²) in [4.78, 5) is 0. The molecule has 0 aliphatic heterocycles. The van der Waals surface area contributed by atoms with Crippen LogP contribution in [0.4, 0.5) is 0 Å². The summed E-state index contributed by atoms with van der Waals surface area (Å²) in [7, 11) is 1.67. The van der Waals surface area contributed by atoms with Crippen molar-refractivity contribution >= 4 is 0 Å². The molecule has 0 aliphatic carbocycles. The molecule has 3 nitrogen and oxygen atoms in total. The molecule has 0 amide bonds. The van der Waals surface area contributed by atoms with Crippen LogP contribution in [0.3, 0.4) is 0 Å². The fourth-order valence-corrected chi connectivity index (χ4v) is 1.32. The highest BCUT2D eigenvalue weighted by Crippen LogP contribution is 2.18. The van der Waals surface area contributed by atoms with Crippen molar-refractivity contribution in [2.75, 3.05) is 7.11 Å². The van der Waals surface area contributed by atoms with E-state index in [1.165, 1.54) is 0 Å². The van der Waals surface area contributed by atoms with E-state index in [2.05, 4.69) is 5.32 Å². The average molecular weight is 223 g/mol. The van der Waals surface area contributed by atoms with E-state index in [0.717, 1.165) is 11.3 Å². The lowest BCUT2D eigenvalue weighted by atomic mass is 9.98. The molecule has 0 heterocycles. The molecule has 1 aromatic rings. The van der Waals surface area contributed by atoms with Crippen LogP contribution in [-0.4, -0.2) is 23.9 Å². The highest BCUT2D eigenvalue weighted by molar-refractivity contribution is 5.33. The number of ether oxygens (including phenoxy) is 1. The SMILES string of the molecule is COc1ccccc1CNC(C)(C)C(C)O. The van der Waals surface area contributed by atoms with Crippen LogP contribution >= 0.6 is 0 Å². The summed E-state index contributed by atoms with van der Waals surface area (Å²) < 4.78 is 5.27. The minimum absolute atomic E-state index is 0.305. The normalized spacial score (nSPS) is 13.6. The van der Waals surface area contributed by atoms with Crippen molar-refractivity contribution in [3.05, 3.63) is 29.8 Å². The zero-order chi connectivity index (χ0) is 12.2. The maximum Gasteiger partial charge on any atom is 0.123 e. The Morgan fingerprint density at radius 2 is 2.00 bits per heavy atom. The second-order valence-corrected chi connectivity index (χ2v) is 4.56. The van der Waals surface area contributed by atoms with Crippen LogP contribution in [0.25, 0.3) is 0 Å².